The van der Waals surface area contributed by atoms with Crippen LogP contribution in [-0.2, 0) is 0 Å². The Kier molecular flexibility index (Phi) is 4.15. The molecule has 1 saturated carbocycles. The van der Waals surface area contributed by atoms with E-state index in [2.05, 4.69) is 10.3 Å². The van der Waals surface area contributed by atoms with Crippen LogP contribution < -0.4 is 5.32 Å². The van der Waals surface area contributed by atoms with E-state index in [9.17, 15) is 15.2 Å². The van der Waals surface area contributed by atoms with Crippen molar-refractivity contribution in [3.05, 3.63) is 27.9 Å². The molecular formula is C13H16N4O3. The first kappa shape index (κ1) is 14.2. The molecule has 7 nitrogen and oxygen atoms in total. The monoisotopic (exact) mass is 276 g/mol. The number of hydrogen-bond donors (Lipinski definition) is 2. The average molecular weight is 276 g/mol. The first-order valence-electron chi connectivity index (χ1n) is 6.54. The van der Waals surface area contributed by atoms with Crippen molar-refractivity contribution >= 4 is 11.5 Å². The standard InChI is InChI=1S/C13H16N4O3/c14-7-10-6-11(17(19)20)8-15-12(10)16-13(9-18)4-2-1-3-5-13/h6,8,18H,1-5,9H2,(H,15,16). The number of anilines is 1. The SMILES string of the molecule is N#Cc1cc([N+](=O)[O-])cnc1NC1(CO)CCCCC1. The Morgan fingerprint density at radius 2 is 2.20 bits per heavy atom. The molecule has 0 spiro atoms. The van der Waals surface area contributed by atoms with Crippen LogP contribution in [0.5, 0.6) is 0 Å². The van der Waals surface area contributed by atoms with E-state index in [0.717, 1.165) is 38.3 Å². The summed E-state index contributed by atoms with van der Waals surface area (Å²) in [7, 11) is 0. The number of nitro groups is 1. The number of nitrogens with one attached hydrogen (secondary N) is 1. The molecule has 2 N–H and O–H groups in total. The van der Waals surface area contributed by atoms with Crippen LogP contribution in [0, 0.1) is 21.4 Å². The first-order valence-corrected chi connectivity index (χ1v) is 6.54. The molecule has 106 valence electrons. The molecule has 0 atom stereocenters. The fourth-order valence-electron chi connectivity index (χ4n) is 2.54. The number of rotatable bonds is 4. The molecule has 1 aliphatic carbocycles. The normalized spacial score (nSPS) is 17.2. The lowest BCUT2D eigenvalue weighted by Crippen LogP contribution is -2.44. The summed E-state index contributed by atoms with van der Waals surface area (Å²) in [6.07, 6.45) is 5.85. The van der Waals surface area contributed by atoms with E-state index < -0.39 is 10.5 Å². The summed E-state index contributed by atoms with van der Waals surface area (Å²) >= 11 is 0. The van der Waals surface area contributed by atoms with E-state index in [0.29, 0.717) is 5.82 Å². The zero-order chi connectivity index (χ0) is 14.6. The minimum atomic E-state index is -0.583. The summed E-state index contributed by atoms with van der Waals surface area (Å²) in [5, 5.41) is 32.5. The van der Waals surface area contributed by atoms with Crippen LogP contribution in [0.15, 0.2) is 12.3 Å². The molecule has 0 aliphatic heterocycles. The van der Waals surface area contributed by atoms with Crippen LogP contribution in [0.25, 0.3) is 0 Å². The number of nitriles is 1. The van der Waals surface area contributed by atoms with Gasteiger partial charge in [0, 0.05) is 6.07 Å². The molecule has 0 saturated heterocycles. The van der Waals surface area contributed by atoms with Crippen molar-refractivity contribution in [2.45, 2.75) is 37.6 Å². The third-order valence-corrected chi connectivity index (χ3v) is 3.70. The molecule has 1 aliphatic rings. The van der Waals surface area contributed by atoms with Gasteiger partial charge in [-0.25, -0.2) is 4.98 Å². The first-order chi connectivity index (χ1) is 9.60. The number of aliphatic hydroxyl groups excluding tert-OH is 1. The van der Waals surface area contributed by atoms with Gasteiger partial charge in [0.25, 0.3) is 5.69 Å². The summed E-state index contributed by atoms with van der Waals surface area (Å²) in [6.45, 7) is -0.0451. The van der Waals surface area contributed by atoms with E-state index in [1.54, 1.807) is 0 Å². The zero-order valence-electron chi connectivity index (χ0n) is 11.0. The van der Waals surface area contributed by atoms with Gasteiger partial charge in [0.05, 0.1) is 17.1 Å². The van der Waals surface area contributed by atoms with Gasteiger partial charge < -0.3 is 10.4 Å². The van der Waals surface area contributed by atoms with Crippen LogP contribution in [-0.4, -0.2) is 27.2 Å². The van der Waals surface area contributed by atoms with Gasteiger partial charge in [-0.15, -0.1) is 0 Å². The van der Waals surface area contributed by atoms with Gasteiger partial charge in [0.1, 0.15) is 23.6 Å². The highest BCUT2D eigenvalue weighted by molar-refractivity contribution is 5.56. The van der Waals surface area contributed by atoms with Crippen LogP contribution in [0.1, 0.15) is 37.7 Å². The van der Waals surface area contributed by atoms with Gasteiger partial charge >= 0.3 is 0 Å². The van der Waals surface area contributed by atoms with Crippen molar-refractivity contribution in [2.24, 2.45) is 0 Å². The molecule has 1 heterocycles. The topological polar surface area (TPSA) is 112 Å². The molecule has 0 radical (unpaired) electrons. The molecular weight excluding hydrogens is 260 g/mol. The van der Waals surface area contributed by atoms with Gasteiger partial charge in [-0.05, 0) is 12.8 Å². The maximum absolute atomic E-state index is 10.7. The predicted octanol–water partition coefficient (Wildman–Crippen LogP) is 1.97. The summed E-state index contributed by atoms with van der Waals surface area (Å²) in [5.41, 5.74) is -0.570. The maximum atomic E-state index is 10.7. The Labute approximate surface area is 116 Å². The second kappa shape index (κ2) is 5.84. The van der Waals surface area contributed by atoms with Crippen LogP contribution >= 0.6 is 0 Å². The highest BCUT2D eigenvalue weighted by Gasteiger charge is 2.32. The fraction of sp³-hybridized carbons (Fsp3) is 0.538. The van der Waals surface area contributed by atoms with Crippen molar-refractivity contribution in [3.63, 3.8) is 0 Å². The third kappa shape index (κ3) is 2.86. The molecule has 7 heteroatoms. The molecule has 0 aromatic carbocycles. The van der Waals surface area contributed by atoms with Crippen molar-refractivity contribution in [1.82, 2.24) is 4.98 Å². The van der Waals surface area contributed by atoms with E-state index >= 15 is 0 Å². The third-order valence-electron chi connectivity index (χ3n) is 3.70. The predicted molar refractivity (Wildman–Crippen MR) is 72.1 cm³/mol. The maximum Gasteiger partial charge on any atom is 0.289 e. The second-order valence-corrected chi connectivity index (χ2v) is 5.08. The zero-order valence-corrected chi connectivity index (χ0v) is 11.0. The van der Waals surface area contributed by atoms with Crippen molar-refractivity contribution < 1.29 is 10.0 Å². The van der Waals surface area contributed by atoms with E-state index in [4.69, 9.17) is 5.26 Å². The number of nitrogens with zero attached hydrogens (tertiary/aromatic N) is 3. The molecule has 1 aromatic rings. The average Bonchev–Trinajstić information content (AvgIpc) is 2.48. The summed E-state index contributed by atoms with van der Waals surface area (Å²) in [6, 6.07) is 3.11. The number of hydrogen-bond acceptors (Lipinski definition) is 6. The minimum absolute atomic E-state index is 0.0451. The van der Waals surface area contributed by atoms with Gasteiger partial charge in [-0.3, -0.25) is 10.1 Å². The van der Waals surface area contributed by atoms with Crippen molar-refractivity contribution in [2.75, 3.05) is 11.9 Å². The molecule has 1 fully saturated rings. The Balaban J connectivity index is 2.28. The van der Waals surface area contributed by atoms with E-state index in [-0.39, 0.29) is 17.9 Å². The molecule has 2 rings (SSSR count). The van der Waals surface area contributed by atoms with Crippen LogP contribution in [0.3, 0.4) is 0 Å². The van der Waals surface area contributed by atoms with Crippen LogP contribution in [0.2, 0.25) is 0 Å². The Morgan fingerprint density at radius 3 is 2.75 bits per heavy atom. The number of aromatic nitrogens is 1. The lowest BCUT2D eigenvalue weighted by atomic mass is 9.82. The summed E-state index contributed by atoms with van der Waals surface area (Å²) in [4.78, 5) is 14.1. The fourth-order valence-corrected chi connectivity index (χ4v) is 2.54. The van der Waals surface area contributed by atoms with E-state index in [1.165, 1.54) is 6.07 Å². The Hall–Kier alpha value is -2.20. The largest absolute Gasteiger partial charge is 0.394 e. The summed E-state index contributed by atoms with van der Waals surface area (Å²) in [5.74, 6) is 0.300. The van der Waals surface area contributed by atoms with Crippen LogP contribution in [0.4, 0.5) is 11.5 Å². The molecule has 20 heavy (non-hydrogen) atoms. The lowest BCUT2D eigenvalue weighted by Gasteiger charge is -2.37. The number of pyridine rings is 1. The minimum Gasteiger partial charge on any atom is -0.394 e. The van der Waals surface area contributed by atoms with Gasteiger partial charge in [-0.1, -0.05) is 19.3 Å². The van der Waals surface area contributed by atoms with E-state index in [1.807, 2.05) is 6.07 Å². The molecule has 0 bridgehead atoms. The lowest BCUT2D eigenvalue weighted by molar-refractivity contribution is -0.385. The quantitative estimate of drug-likeness (QED) is 0.642. The van der Waals surface area contributed by atoms with Gasteiger partial charge in [0.2, 0.25) is 0 Å². The van der Waals surface area contributed by atoms with Gasteiger partial charge in [0.15, 0.2) is 0 Å². The Bertz CT molecular complexity index is 547. The smallest absolute Gasteiger partial charge is 0.289 e. The highest BCUT2D eigenvalue weighted by atomic mass is 16.6. The summed E-state index contributed by atoms with van der Waals surface area (Å²) < 4.78 is 0. The van der Waals surface area contributed by atoms with Crippen molar-refractivity contribution in [3.8, 4) is 6.07 Å². The Morgan fingerprint density at radius 1 is 1.50 bits per heavy atom. The highest BCUT2D eigenvalue weighted by Crippen LogP contribution is 2.32. The molecule has 0 unspecified atom stereocenters. The molecule has 1 aromatic heterocycles. The van der Waals surface area contributed by atoms with Crippen molar-refractivity contribution in [1.29, 1.82) is 5.26 Å². The van der Waals surface area contributed by atoms with Gasteiger partial charge in [-0.2, -0.15) is 5.26 Å². The molecule has 0 amide bonds. The second-order valence-electron chi connectivity index (χ2n) is 5.08. The number of aliphatic hydroxyl groups is 1.